The third-order valence-electron chi connectivity index (χ3n) is 3.62. The summed E-state index contributed by atoms with van der Waals surface area (Å²) in [4.78, 5) is 26.5. The van der Waals surface area contributed by atoms with Crippen LogP contribution in [0.1, 0.15) is 27.2 Å². The van der Waals surface area contributed by atoms with Crippen LogP contribution < -0.4 is 10.2 Å². The highest BCUT2D eigenvalue weighted by Gasteiger charge is 2.43. The molecule has 1 aliphatic heterocycles. The van der Waals surface area contributed by atoms with Gasteiger partial charge in [0.2, 0.25) is 11.8 Å². The number of carbonyl (C=O) groups excluding carboxylic acids is 2. The molecular formula is C15H18Cl2N2O2. The van der Waals surface area contributed by atoms with E-state index in [1.54, 1.807) is 18.2 Å². The van der Waals surface area contributed by atoms with Gasteiger partial charge in [-0.1, -0.05) is 50.0 Å². The molecular weight excluding hydrogens is 311 g/mol. The molecule has 0 aromatic heterocycles. The molecule has 114 valence electrons. The Labute approximate surface area is 134 Å². The SMILES string of the molecule is CCC1NC(=O)C(C(C)C)N(c2c(Cl)cccc2Cl)C1=O. The molecule has 21 heavy (non-hydrogen) atoms. The average Bonchev–Trinajstić information content (AvgIpc) is 2.41. The van der Waals surface area contributed by atoms with Crippen molar-refractivity contribution in [3.8, 4) is 0 Å². The molecule has 0 spiro atoms. The van der Waals surface area contributed by atoms with Gasteiger partial charge in [0.05, 0.1) is 15.7 Å². The minimum Gasteiger partial charge on any atom is -0.342 e. The number of hydrogen-bond acceptors (Lipinski definition) is 2. The largest absolute Gasteiger partial charge is 0.342 e. The van der Waals surface area contributed by atoms with Crippen molar-refractivity contribution in [3.05, 3.63) is 28.2 Å². The molecule has 1 fully saturated rings. The molecule has 1 aromatic carbocycles. The lowest BCUT2D eigenvalue weighted by atomic mass is 9.95. The van der Waals surface area contributed by atoms with Gasteiger partial charge in [0.25, 0.3) is 0 Å². The molecule has 1 heterocycles. The summed E-state index contributed by atoms with van der Waals surface area (Å²) >= 11 is 12.5. The first-order valence-corrected chi connectivity index (χ1v) is 7.71. The normalized spacial score (nSPS) is 22.7. The number of amides is 2. The van der Waals surface area contributed by atoms with E-state index in [2.05, 4.69) is 5.32 Å². The van der Waals surface area contributed by atoms with Gasteiger partial charge in [0.15, 0.2) is 0 Å². The maximum Gasteiger partial charge on any atom is 0.250 e. The molecule has 0 radical (unpaired) electrons. The molecule has 2 atom stereocenters. The van der Waals surface area contributed by atoms with Crippen LogP contribution in [0.4, 0.5) is 5.69 Å². The fourth-order valence-corrected chi connectivity index (χ4v) is 3.17. The molecule has 2 rings (SSSR count). The summed E-state index contributed by atoms with van der Waals surface area (Å²) in [5.74, 6) is -0.405. The Bertz CT molecular complexity index is 555. The fraction of sp³-hybridized carbons (Fsp3) is 0.467. The highest BCUT2D eigenvalue weighted by atomic mass is 35.5. The number of carbonyl (C=O) groups is 2. The first kappa shape index (κ1) is 16.1. The van der Waals surface area contributed by atoms with E-state index in [-0.39, 0.29) is 17.7 Å². The number of hydrogen-bond donors (Lipinski definition) is 1. The second-order valence-corrected chi connectivity index (χ2v) is 6.25. The minimum atomic E-state index is -0.613. The summed E-state index contributed by atoms with van der Waals surface area (Å²) in [6.45, 7) is 5.63. The fourth-order valence-electron chi connectivity index (χ4n) is 2.59. The van der Waals surface area contributed by atoms with E-state index in [0.717, 1.165) is 0 Å². The molecule has 1 aliphatic rings. The number of rotatable bonds is 3. The van der Waals surface area contributed by atoms with Crippen LogP contribution in [0.2, 0.25) is 10.0 Å². The first-order chi connectivity index (χ1) is 9.88. The van der Waals surface area contributed by atoms with Crippen LogP contribution in [0.15, 0.2) is 18.2 Å². The van der Waals surface area contributed by atoms with Crippen LogP contribution in [0.3, 0.4) is 0 Å². The lowest BCUT2D eigenvalue weighted by Gasteiger charge is -2.41. The van der Waals surface area contributed by atoms with Gasteiger partial charge >= 0.3 is 0 Å². The topological polar surface area (TPSA) is 49.4 Å². The van der Waals surface area contributed by atoms with Gasteiger partial charge < -0.3 is 5.32 Å². The van der Waals surface area contributed by atoms with Gasteiger partial charge in [-0.25, -0.2) is 0 Å². The highest BCUT2D eigenvalue weighted by molar-refractivity contribution is 6.40. The summed E-state index contributed by atoms with van der Waals surface area (Å²) in [7, 11) is 0. The Morgan fingerprint density at radius 2 is 1.81 bits per heavy atom. The molecule has 0 aliphatic carbocycles. The van der Waals surface area contributed by atoms with E-state index in [9.17, 15) is 9.59 Å². The standard InChI is InChI=1S/C15H18Cl2N2O2/c1-4-11-15(21)19(12(8(2)3)14(20)18-11)13-9(16)6-5-7-10(13)17/h5-8,11-12H,4H2,1-3H3,(H,18,20). The van der Waals surface area contributed by atoms with Crippen molar-refractivity contribution >= 4 is 40.7 Å². The Kier molecular flexibility index (Phi) is 4.79. The number of para-hydroxylation sites is 1. The van der Waals surface area contributed by atoms with Gasteiger partial charge in [0, 0.05) is 0 Å². The van der Waals surface area contributed by atoms with Crippen molar-refractivity contribution in [2.45, 2.75) is 39.3 Å². The predicted molar refractivity (Wildman–Crippen MR) is 84.8 cm³/mol. The smallest absolute Gasteiger partial charge is 0.250 e. The molecule has 1 saturated heterocycles. The Balaban J connectivity index is 2.58. The van der Waals surface area contributed by atoms with Crippen LogP contribution in [-0.2, 0) is 9.59 Å². The van der Waals surface area contributed by atoms with Gasteiger partial charge in [-0.05, 0) is 24.5 Å². The van der Waals surface area contributed by atoms with Crippen molar-refractivity contribution in [3.63, 3.8) is 0 Å². The van der Waals surface area contributed by atoms with Gasteiger partial charge in [0.1, 0.15) is 12.1 Å². The van der Waals surface area contributed by atoms with Crippen LogP contribution in [0, 0.1) is 5.92 Å². The van der Waals surface area contributed by atoms with E-state index >= 15 is 0 Å². The highest BCUT2D eigenvalue weighted by Crippen LogP contribution is 2.37. The molecule has 0 bridgehead atoms. The number of benzene rings is 1. The Morgan fingerprint density at radius 1 is 1.24 bits per heavy atom. The first-order valence-electron chi connectivity index (χ1n) is 6.96. The van der Waals surface area contributed by atoms with E-state index in [1.165, 1.54) is 4.90 Å². The lowest BCUT2D eigenvalue weighted by Crippen LogP contribution is -2.65. The van der Waals surface area contributed by atoms with Gasteiger partial charge in [-0.3, -0.25) is 14.5 Å². The van der Waals surface area contributed by atoms with Crippen LogP contribution in [0.25, 0.3) is 0 Å². The second kappa shape index (κ2) is 6.24. The van der Waals surface area contributed by atoms with E-state index in [4.69, 9.17) is 23.2 Å². The minimum absolute atomic E-state index is 0.0564. The quantitative estimate of drug-likeness (QED) is 0.925. The summed E-state index contributed by atoms with van der Waals surface area (Å²) < 4.78 is 0. The summed E-state index contributed by atoms with van der Waals surface area (Å²) in [6.07, 6.45) is 0.522. The number of piperazine rings is 1. The maximum absolute atomic E-state index is 12.7. The van der Waals surface area contributed by atoms with Crippen molar-refractivity contribution < 1.29 is 9.59 Å². The molecule has 1 aromatic rings. The Morgan fingerprint density at radius 3 is 2.29 bits per heavy atom. The zero-order valence-corrected chi connectivity index (χ0v) is 13.7. The monoisotopic (exact) mass is 328 g/mol. The number of nitrogens with one attached hydrogen (secondary N) is 1. The van der Waals surface area contributed by atoms with Crippen molar-refractivity contribution in [1.29, 1.82) is 0 Å². The molecule has 1 N–H and O–H groups in total. The van der Waals surface area contributed by atoms with E-state index in [0.29, 0.717) is 22.2 Å². The molecule has 0 saturated carbocycles. The third-order valence-corrected chi connectivity index (χ3v) is 4.23. The van der Waals surface area contributed by atoms with Crippen molar-refractivity contribution in [2.24, 2.45) is 5.92 Å². The molecule has 2 unspecified atom stereocenters. The van der Waals surface area contributed by atoms with Crippen LogP contribution in [0.5, 0.6) is 0 Å². The average molecular weight is 329 g/mol. The zero-order valence-electron chi connectivity index (χ0n) is 12.2. The van der Waals surface area contributed by atoms with Crippen molar-refractivity contribution in [2.75, 3.05) is 4.90 Å². The zero-order chi connectivity index (χ0) is 15.7. The molecule has 6 heteroatoms. The molecule has 4 nitrogen and oxygen atoms in total. The van der Waals surface area contributed by atoms with Crippen LogP contribution in [-0.4, -0.2) is 23.9 Å². The second-order valence-electron chi connectivity index (χ2n) is 5.44. The van der Waals surface area contributed by atoms with Gasteiger partial charge in [-0.2, -0.15) is 0 Å². The summed E-state index contributed by atoms with van der Waals surface area (Å²) in [5.41, 5.74) is 0.415. The van der Waals surface area contributed by atoms with Crippen LogP contribution >= 0.6 is 23.2 Å². The predicted octanol–water partition coefficient (Wildman–Crippen LogP) is 3.26. The summed E-state index contributed by atoms with van der Waals surface area (Å²) in [5, 5.41) is 3.50. The molecule has 2 amide bonds. The number of nitrogens with zero attached hydrogens (tertiary/aromatic N) is 1. The van der Waals surface area contributed by atoms with Gasteiger partial charge in [-0.15, -0.1) is 0 Å². The summed E-state index contributed by atoms with van der Waals surface area (Å²) in [6, 6.07) is 3.89. The van der Waals surface area contributed by atoms with E-state index < -0.39 is 12.1 Å². The third kappa shape index (κ3) is 2.87. The lowest BCUT2D eigenvalue weighted by molar-refractivity contribution is -0.134. The number of anilines is 1. The maximum atomic E-state index is 12.7. The Hall–Kier alpha value is -1.26. The van der Waals surface area contributed by atoms with Crippen molar-refractivity contribution in [1.82, 2.24) is 5.32 Å². The number of halogens is 2. The van der Waals surface area contributed by atoms with E-state index in [1.807, 2.05) is 20.8 Å².